The molecule has 0 saturated carbocycles. The average molecular weight is 610 g/mol. The molecule has 1 aliphatic rings. The van der Waals surface area contributed by atoms with Crippen molar-refractivity contribution in [2.45, 2.75) is 37.9 Å². The molecule has 2 atom stereocenters. The number of anilines is 2. The molecular weight excluding hydrogens is 580 g/mol. The summed E-state index contributed by atoms with van der Waals surface area (Å²) in [5, 5.41) is -0.358. The number of rotatable bonds is 5. The number of hydrogen-bond acceptors (Lipinski definition) is 9. The number of piperazine rings is 1. The number of nitrogen functional groups attached to an aromatic ring is 1. The number of carbonyl (C=O) groups excluding carboxylic acids is 1. The Labute approximate surface area is 246 Å². The zero-order chi connectivity index (χ0) is 31.4. The molecule has 1 amide bonds. The van der Waals surface area contributed by atoms with Gasteiger partial charge in [-0.25, -0.2) is 36.5 Å². The summed E-state index contributed by atoms with van der Waals surface area (Å²) in [7, 11) is -3.97. The maximum Gasteiger partial charge on any atom is 0.355 e. The fourth-order valence-electron chi connectivity index (χ4n) is 5.41. The number of hydrogen-bond donors (Lipinski definition) is 1. The molecule has 0 aliphatic carbocycles. The van der Waals surface area contributed by atoms with E-state index in [1.54, 1.807) is 16.7 Å². The lowest BCUT2D eigenvalue weighted by atomic mass is 10.1. The minimum atomic E-state index is -3.97. The van der Waals surface area contributed by atoms with Gasteiger partial charge in [0.25, 0.3) is 0 Å². The summed E-state index contributed by atoms with van der Waals surface area (Å²) >= 11 is 0. The smallest absolute Gasteiger partial charge is 0.355 e. The highest BCUT2D eigenvalue weighted by Gasteiger charge is 2.34. The van der Waals surface area contributed by atoms with E-state index in [9.17, 15) is 22.4 Å². The van der Waals surface area contributed by atoms with Crippen molar-refractivity contribution in [3.8, 4) is 16.9 Å². The third kappa shape index (κ3) is 5.11. The lowest BCUT2D eigenvalue weighted by Gasteiger charge is -2.44. The molecule has 1 aliphatic heterocycles. The number of amides is 1. The molecule has 11 nitrogen and oxygen atoms in total. The molecular formula is C29H29F2N7O4S. The van der Waals surface area contributed by atoms with Crippen LogP contribution < -0.4 is 16.3 Å². The second-order valence-corrected chi connectivity index (χ2v) is 12.5. The van der Waals surface area contributed by atoms with Gasteiger partial charge in [-0.15, -0.1) is 0 Å². The van der Waals surface area contributed by atoms with Gasteiger partial charge in [-0.1, -0.05) is 12.6 Å². The first kappa shape index (κ1) is 29.8. The van der Waals surface area contributed by atoms with Gasteiger partial charge in [0, 0.05) is 43.3 Å². The zero-order valence-corrected chi connectivity index (χ0v) is 24.7. The Bertz CT molecular complexity index is 1960. The molecule has 224 valence electrons. The maximum atomic E-state index is 15.9. The second kappa shape index (κ2) is 10.8. The van der Waals surface area contributed by atoms with Gasteiger partial charge in [-0.05, 0) is 56.7 Å². The predicted octanol–water partition coefficient (Wildman–Crippen LogP) is 3.03. The first-order valence-corrected chi connectivity index (χ1v) is 15.2. The number of benzene rings is 1. The summed E-state index contributed by atoms with van der Waals surface area (Å²) in [6.45, 7) is 9.27. The van der Waals surface area contributed by atoms with Crippen LogP contribution in [0, 0.1) is 18.6 Å². The highest BCUT2D eigenvalue weighted by atomic mass is 32.2. The van der Waals surface area contributed by atoms with Gasteiger partial charge >= 0.3 is 5.69 Å². The Hall–Kier alpha value is -4.72. The van der Waals surface area contributed by atoms with Gasteiger partial charge in [0.05, 0.1) is 16.6 Å². The predicted molar refractivity (Wildman–Crippen MR) is 159 cm³/mol. The van der Waals surface area contributed by atoms with Crippen LogP contribution in [0.3, 0.4) is 0 Å². The third-order valence-electron chi connectivity index (χ3n) is 7.47. The Balaban J connectivity index is 1.87. The van der Waals surface area contributed by atoms with Crippen molar-refractivity contribution in [2.24, 2.45) is 0 Å². The Morgan fingerprint density at radius 1 is 1.12 bits per heavy atom. The Kier molecular flexibility index (Phi) is 7.50. The molecule has 0 bridgehead atoms. The van der Waals surface area contributed by atoms with Gasteiger partial charge < -0.3 is 15.5 Å². The van der Waals surface area contributed by atoms with Gasteiger partial charge in [0.15, 0.2) is 26.3 Å². The zero-order valence-electron chi connectivity index (χ0n) is 23.9. The largest absolute Gasteiger partial charge is 0.398 e. The van der Waals surface area contributed by atoms with Crippen molar-refractivity contribution in [2.75, 3.05) is 30.0 Å². The molecule has 43 heavy (non-hydrogen) atoms. The van der Waals surface area contributed by atoms with Crippen LogP contribution in [0.5, 0.6) is 0 Å². The summed E-state index contributed by atoms with van der Waals surface area (Å²) in [5.41, 5.74) is 4.27. The van der Waals surface area contributed by atoms with Crippen molar-refractivity contribution in [1.29, 1.82) is 0 Å². The molecule has 0 unspecified atom stereocenters. The summed E-state index contributed by atoms with van der Waals surface area (Å²) in [6, 6.07) is 5.73. The van der Waals surface area contributed by atoms with E-state index in [0.717, 1.165) is 23.0 Å². The number of aromatic nitrogens is 4. The maximum absolute atomic E-state index is 15.9. The van der Waals surface area contributed by atoms with Crippen molar-refractivity contribution in [1.82, 2.24) is 24.4 Å². The van der Waals surface area contributed by atoms with Crippen LogP contribution in [-0.2, 0) is 14.6 Å². The molecule has 1 saturated heterocycles. The summed E-state index contributed by atoms with van der Waals surface area (Å²) in [6.07, 6.45) is 3.45. The minimum Gasteiger partial charge on any atom is -0.398 e. The third-order valence-corrected chi connectivity index (χ3v) is 8.47. The van der Waals surface area contributed by atoms with E-state index in [1.165, 1.54) is 30.5 Å². The lowest BCUT2D eigenvalue weighted by molar-refractivity contribution is -0.128. The minimum absolute atomic E-state index is 0.0565. The van der Waals surface area contributed by atoms with E-state index < -0.39 is 37.9 Å². The molecule has 14 heteroatoms. The number of sulfone groups is 1. The van der Waals surface area contributed by atoms with Crippen LogP contribution in [0.15, 0.2) is 59.0 Å². The number of fused-ring (bicyclic) bond motifs is 1. The Morgan fingerprint density at radius 3 is 2.49 bits per heavy atom. The normalized spacial score (nSPS) is 17.3. The molecule has 5 rings (SSSR count). The topological polar surface area (TPSA) is 144 Å². The van der Waals surface area contributed by atoms with E-state index in [1.807, 2.05) is 13.8 Å². The van der Waals surface area contributed by atoms with Crippen LogP contribution in [0.1, 0.15) is 19.4 Å². The van der Waals surface area contributed by atoms with Crippen molar-refractivity contribution in [3.63, 3.8) is 0 Å². The molecule has 0 radical (unpaired) electrons. The number of pyridine rings is 2. The van der Waals surface area contributed by atoms with Gasteiger partial charge in [-0.3, -0.25) is 4.79 Å². The van der Waals surface area contributed by atoms with E-state index >= 15 is 4.39 Å². The van der Waals surface area contributed by atoms with Crippen molar-refractivity contribution in [3.05, 3.63) is 76.9 Å². The van der Waals surface area contributed by atoms with Crippen LogP contribution in [-0.4, -0.2) is 70.2 Å². The average Bonchev–Trinajstić information content (AvgIpc) is 2.93. The van der Waals surface area contributed by atoms with Crippen LogP contribution in [0.2, 0.25) is 0 Å². The molecule has 1 aromatic carbocycles. The highest BCUT2D eigenvalue weighted by molar-refractivity contribution is 7.90. The van der Waals surface area contributed by atoms with Gasteiger partial charge in [0.2, 0.25) is 5.91 Å². The standard InChI is InChI=1S/C29H29F2N7O4S/c1-6-22(39)36-13-17(4)37(14-16(36)3)26-18-12-20(31)24(23-19(30)8-7-9-21(23)32)34-27(18)38(29(40)35-26)25-15(2)10-11-33-28(25)43(5,41)42/h6-12,16-17H,1,13-14,32H2,2-5H3/t16-,17-/m0/s1. The van der Waals surface area contributed by atoms with E-state index in [-0.39, 0.29) is 64.9 Å². The molecule has 4 aromatic rings. The number of nitrogens with zero attached hydrogens (tertiary/aromatic N) is 6. The molecule has 4 heterocycles. The fraction of sp³-hybridized carbons (Fsp3) is 0.276. The van der Waals surface area contributed by atoms with Crippen molar-refractivity contribution >= 4 is 38.3 Å². The quantitative estimate of drug-likeness (QED) is 0.267. The number of nitrogens with two attached hydrogens (primary N) is 1. The number of halogens is 2. The van der Waals surface area contributed by atoms with E-state index in [4.69, 9.17) is 5.73 Å². The summed E-state index contributed by atoms with van der Waals surface area (Å²) in [5.74, 6) is -1.96. The summed E-state index contributed by atoms with van der Waals surface area (Å²) < 4.78 is 57.4. The first-order valence-electron chi connectivity index (χ1n) is 13.3. The number of carbonyl (C=O) groups is 1. The van der Waals surface area contributed by atoms with Crippen LogP contribution in [0.25, 0.3) is 28.0 Å². The fourth-order valence-corrected chi connectivity index (χ4v) is 6.26. The second-order valence-electron chi connectivity index (χ2n) is 10.5. The summed E-state index contributed by atoms with van der Waals surface area (Å²) in [4.78, 5) is 42.4. The van der Waals surface area contributed by atoms with Crippen LogP contribution in [0.4, 0.5) is 20.3 Å². The van der Waals surface area contributed by atoms with E-state index in [0.29, 0.717) is 5.56 Å². The monoisotopic (exact) mass is 609 g/mol. The molecule has 1 fully saturated rings. The van der Waals surface area contributed by atoms with Gasteiger partial charge in [-0.2, -0.15) is 4.98 Å². The van der Waals surface area contributed by atoms with Crippen LogP contribution >= 0.6 is 0 Å². The molecule has 2 N–H and O–H groups in total. The first-order chi connectivity index (χ1) is 20.2. The SMILES string of the molecule is C=CC(=O)N1C[C@H](C)N(c2nc(=O)n(-c3c(C)ccnc3S(C)(=O)=O)c3nc(-c4c(N)cccc4F)c(F)cc23)C[C@@H]1C. The molecule has 0 spiro atoms. The van der Waals surface area contributed by atoms with E-state index in [2.05, 4.69) is 21.5 Å². The number of aryl methyl sites for hydroxylation is 1. The van der Waals surface area contributed by atoms with Crippen molar-refractivity contribution < 1.29 is 22.0 Å². The molecule has 3 aromatic heterocycles. The highest BCUT2D eigenvalue weighted by Crippen LogP contribution is 2.35. The lowest BCUT2D eigenvalue weighted by Crippen LogP contribution is -2.58. The Morgan fingerprint density at radius 2 is 1.84 bits per heavy atom. The van der Waals surface area contributed by atoms with Gasteiger partial charge in [0.1, 0.15) is 17.3 Å².